The minimum Gasteiger partial charge on any atom is -0.326 e. The van der Waals surface area contributed by atoms with Crippen molar-refractivity contribution in [3.63, 3.8) is 0 Å². The number of rotatable bonds is 4. The summed E-state index contributed by atoms with van der Waals surface area (Å²) in [4.78, 5) is 35.3. The van der Waals surface area contributed by atoms with E-state index in [9.17, 15) is 14.4 Å². The van der Waals surface area contributed by atoms with Crippen LogP contribution < -0.4 is 16.0 Å². The predicted molar refractivity (Wildman–Crippen MR) is 98.6 cm³/mol. The van der Waals surface area contributed by atoms with Crippen LogP contribution in [0.2, 0.25) is 0 Å². The average molecular weight is 339 g/mol. The fourth-order valence-electron chi connectivity index (χ4n) is 2.40. The second kappa shape index (κ2) is 8.10. The van der Waals surface area contributed by atoms with Crippen LogP contribution in [0.4, 0.5) is 17.1 Å². The van der Waals surface area contributed by atoms with Crippen LogP contribution in [-0.4, -0.2) is 17.7 Å². The summed E-state index contributed by atoms with van der Waals surface area (Å²) in [5.41, 5.74) is 3.63. The lowest BCUT2D eigenvalue weighted by Crippen LogP contribution is -2.29. The summed E-state index contributed by atoms with van der Waals surface area (Å²) >= 11 is 0. The Bertz CT molecular complexity index is 798. The van der Waals surface area contributed by atoms with Gasteiger partial charge < -0.3 is 16.0 Å². The van der Waals surface area contributed by atoms with Crippen LogP contribution in [0.15, 0.2) is 42.5 Å². The summed E-state index contributed by atoms with van der Waals surface area (Å²) < 4.78 is 0. The predicted octanol–water partition coefficient (Wildman–Crippen LogP) is 3.09. The van der Waals surface area contributed by atoms with Crippen molar-refractivity contribution in [2.45, 2.75) is 27.2 Å². The Hall–Kier alpha value is -3.15. The number of anilines is 3. The van der Waals surface area contributed by atoms with Gasteiger partial charge in [-0.2, -0.15) is 0 Å². The highest BCUT2D eigenvalue weighted by atomic mass is 16.2. The van der Waals surface area contributed by atoms with Crippen molar-refractivity contribution in [3.05, 3.63) is 53.6 Å². The Balaban J connectivity index is 2.03. The number of benzene rings is 2. The molecule has 0 heterocycles. The summed E-state index contributed by atoms with van der Waals surface area (Å²) in [6.07, 6.45) is 0.753. The van der Waals surface area contributed by atoms with Gasteiger partial charge in [0.15, 0.2) is 0 Å². The van der Waals surface area contributed by atoms with Crippen molar-refractivity contribution in [3.8, 4) is 0 Å². The number of carbonyl (C=O) groups is 3. The van der Waals surface area contributed by atoms with Crippen LogP contribution in [0.25, 0.3) is 0 Å². The molecule has 0 saturated heterocycles. The molecule has 25 heavy (non-hydrogen) atoms. The molecule has 3 N–H and O–H groups in total. The molecule has 0 aliphatic carbocycles. The van der Waals surface area contributed by atoms with E-state index in [1.54, 1.807) is 24.3 Å². The number of nitrogens with one attached hydrogen (secondary N) is 3. The SMILES string of the molecule is CCc1cccc(C)c1NC(=O)C(=O)Nc1ccc(NC(C)=O)cc1. The van der Waals surface area contributed by atoms with Crippen LogP contribution in [0.5, 0.6) is 0 Å². The number of aryl methyl sites for hydroxylation is 2. The molecular formula is C19H21N3O3. The Morgan fingerprint density at radius 3 is 1.96 bits per heavy atom. The molecule has 0 aliphatic heterocycles. The lowest BCUT2D eigenvalue weighted by atomic mass is 10.1. The van der Waals surface area contributed by atoms with Crippen molar-refractivity contribution in [1.29, 1.82) is 0 Å². The molecule has 2 aromatic carbocycles. The van der Waals surface area contributed by atoms with Crippen LogP contribution in [0.3, 0.4) is 0 Å². The van der Waals surface area contributed by atoms with Gasteiger partial charge in [0.05, 0.1) is 0 Å². The monoisotopic (exact) mass is 339 g/mol. The largest absolute Gasteiger partial charge is 0.326 e. The van der Waals surface area contributed by atoms with Crippen LogP contribution in [0.1, 0.15) is 25.0 Å². The van der Waals surface area contributed by atoms with E-state index in [-0.39, 0.29) is 5.91 Å². The molecule has 0 radical (unpaired) electrons. The third-order valence-corrected chi connectivity index (χ3v) is 3.65. The van der Waals surface area contributed by atoms with Gasteiger partial charge >= 0.3 is 11.8 Å². The molecule has 130 valence electrons. The first kappa shape index (κ1) is 18.2. The van der Waals surface area contributed by atoms with E-state index in [1.165, 1.54) is 6.92 Å². The molecule has 2 aromatic rings. The molecule has 2 rings (SSSR count). The Kier molecular flexibility index (Phi) is 5.89. The first-order valence-electron chi connectivity index (χ1n) is 7.99. The van der Waals surface area contributed by atoms with Gasteiger partial charge in [0.2, 0.25) is 5.91 Å². The number of carbonyl (C=O) groups excluding carboxylic acids is 3. The van der Waals surface area contributed by atoms with E-state index in [1.807, 2.05) is 32.0 Å². The normalized spacial score (nSPS) is 10.0. The number of amides is 3. The van der Waals surface area contributed by atoms with Gasteiger partial charge in [-0.05, 0) is 48.7 Å². The second-order valence-electron chi connectivity index (χ2n) is 5.63. The first-order chi connectivity index (χ1) is 11.9. The molecular weight excluding hydrogens is 318 g/mol. The molecule has 3 amide bonds. The van der Waals surface area contributed by atoms with E-state index in [4.69, 9.17) is 0 Å². The summed E-state index contributed by atoms with van der Waals surface area (Å²) in [7, 11) is 0. The van der Waals surface area contributed by atoms with Crippen molar-refractivity contribution in [1.82, 2.24) is 0 Å². The third kappa shape index (κ3) is 4.91. The van der Waals surface area contributed by atoms with Gasteiger partial charge in [-0.3, -0.25) is 14.4 Å². The zero-order valence-corrected chi connectivity index (χ0v) is 14.5. The Morgan fingerprint density at radius 2 is 1.40 bits per heavy atom. The van der Waals surface area contributed by atoms with Crippen LogP contribution in [0, 0.1) is 6.92 Å². The zero-order valence-electron chi connectivity index (χ0n) is 14.5. The standard InChI is InChI=1S/C19H21N3O3/c1-4-14-7-5-6-12(2)17(14)22-19(25)18(24)21-16-10-8-15(9-11-16)20-13(3)23/h5-11H,4H2,1-3H3,(H,20,23)(H,21,24)(H,22,25). The van der Waals surface area contributed by atoms with Crippen molar-refractivity contribution in [2.75, 3.05) is 16.0 Å². The van der Waals surface area contributed by atoms with Crippen LogP contribution in [-0.2, 0) is 20.8 Å². The van der Waals surface area contributed by atoms with E-state index >= 15 is 0 Å². The molecule has 0 bridgehead atoms. The fourth-order valence-corrected chi connectivity index (χ4v) is 2.40. The molecule has 0 aromatic heterocycles. The highest BCUT2D eigenvalue weighted by Crippen LogP contribution is 2.21. The number of hydrogen-bond donors (Lipinski definition) is 3. The molecule has 0 saturated carbocycles. The minimum atomic E-state index is -0.752. The van der Waals surface area contributed by atoms with E-state index in [2.05, 4.69) is 16.0 Å². The summed E-state index contributed by atoms with van der Waals surface area (Å²) in [5.74, 6) is -1.66. The lowest BCUT2D eigenvalue weighted by molar-refractivity contribution is -0.133. The van der Waals surface area contributed by atoms with Gasteiger partial charge in [0.25, 0.3) is 0 Å². The molecule has 0 atom stereocenters. The maximum absolute atomic E-state index is 12.2. The number of para-hydroxylation sites is 1. The second-order valence-corrected chi connectivity index (χ2v) is 5.63. The van der Waals surface area contributed by atoms with Gasteiger partial charge in [0, 0.05) is 24.0 Å². The van der Waals surface area contributed by atoms with Gasteiger partial charge in [0.1, 0.15) is 0 Å². The Morgan fingerprint density at radius 1 is 0.840 bits per heavy atom. The zero-order chi connectivity index (χ0) is 18.4. The first-order valence-corrected chi connectivity index (χ1v) is 7.99. The van der Waals surface area contributed by atoms with Gasteiger partial charge in [-0.25, -0.2) is 0 Å². The van der Waals surface area contributed by atoms with Crippen LogP contribution >= 0.6 is 0 Å². The highest BCUT2D eigenvalue weighted by Gasteiger charge is 2.16. The molecule has 0 aliphatic rings. The van der Waals surface area contributed by atoms with Crippen molar-refractivity contribution >= 4 is 34.8 Å². The Labute approximate surface area is 146 Å². The highest BCUT2D eigenvalue weighted by molar-refractivity contribution is 6.43. The molecule has 6 heteroatoms. The maximum atomic E-state index is 12.2. The van der Waals surface area contributed by atoms with Crippen molar-refractivity contribution in [2.24, 2.45) is 0 Å². The third-order valence-electron chi connectivity index (χ3n) is 3.65. The smallest absolute Gasteiger partial charge is 0.314 e. The lowest BCUT2D eigenvalue weighted by Gasteiger charge is -2.13. The van der Waals surface area contributed by atoms with Gasteiger partial charge in [-0.15, -0.1) is 0 Å². The maximum Gasteiger partial charge on any atom is 0.314 e. The molecule has 6 nitrogen and oxygen atoms in total. The number of hydrogen-bond acceptors (Lipinski definition) is 3. The summed E-state index contributed by atoms with van der Waals surface area (Å²) in [5, 5.41) is 7.84. The molecule has 0 unspecified atom stereocenters. The fraction of sp³-hybridized carbons (Fsp3) is 0.211. The van der Waals surface area contributed by atoms with E-state index < -0.39 is 11.8 Å². The van der Waals surface area contributed by atoms with Crippen molar-refractivity contribution < 1.29 is 14.4 Å². The van der Waals surface area contributed by atoms with E-state index in [0.717, 1.165) is 17.5 Å². The summed E-state index contributed by atoms with van der Waals surface area (Å²) in [6, 6.07) is 12.2. The summed E-state index contributed by atoms with van der Waals surface area (Å²) in [6.45, 7) is 5.28. The molecule has 0 spiro atoms. The molecule has 0 fully saturated rings. The average Bonchev–Trinajstić information content (AvgIpc) is 2.57. The van der Waals surface area contributed by atoms with E-state index in [0.29, 0.717) is 17.1 Å². The quantitative estimate of drug-likeness (QED) is 0.748. The topological polar surface area (TPSA) is 87.3 Å². The van der Waals surface area contributed by atoms with Gasteiger partial charge in [-0.1, -0.05) is 25.1 Å². The minimum absolute atomic E-state index is 0.180.